The average molecular weight is 356 g/mol. The Labute approximate surface area is 152 Å². The number of aromatic nitrogens is 1. The van der Waals surface area contributed by atoms with E-state index in [0.29, 0.717) is 19.6 Å². The van der Waals surface area contributed by atoms with Crippen LogP contribution in [0.4, 0.5) is 4.79 Å². The molecule has 2 amide bonds. The van der Waals surface area contributed by atoms with Gasteiger partial charge < -0.3 is 19.9 Å². The number of fused-ring (bicyclic) bond motifs is 2. The molecule has 2 aliphatic rings. The van der Waals surface area contributed by atoms with E-state index in [4.69, 9.17) is 0 Å². The number of carboxylic acids is 1. The lowest BCUT2D eigenvalue weighted by Crippen LogP contribution is -2.44. The van der Waals surface area contributed by atoms with Crippen LogP contribution in [-0.2, 0) is 11.3 Å². The molecule has 2 N–H and O–H groups in total. The van der Waals surface area contributed by atoms with Gasteiger partial charge in [0.05, 0.1) is 0 Å². The maximum absolute atomic E-state index is 12.3. The van der Waals surface area contributed by atoms with E-state index >= 15 is 0 Å². The number of carboxylic acid groups (broad SMARTS) is 1. The van der Waals surface area contributed by atoms with Crippen molar-refractivity contribution < 1.29 is 14.7 Å². The molecule has 2 unspecified atom stereocenters. The van der Waals surface area contributed by atoms with E-state index in [1.54, 1.807) is 19.0 Å². The second-order valence-electron chi connectivity index (χ2n) is 7.74. The first-order valence-electron chi connectivity index (χ1n) is 8.88. The van der Waals surface area contributed by atoms with Crippen LogP contribution in [0.2, 0.25) is 0 Å². The number of hydrogen-bond acceptors (Lipinski definition) is 3. The fourth-order valence-corrected chi connectivity index (χ4v) is 4.55. The smallest absolute Gasteiger partial charge is 0.319 e. The normalized spacial score (nSPS) is 25.6. The summed E-state index contributed by atoms with van der Waals surface area (Å²) in [4.78, 5) is 33.0. The van der Waals surface area contributed by atoms with E-state index in [0.717, 1.165) is 12.1 Å². The molecule has 7 heteroatoms. The zero-order valence-electron chi connectivity index (χ0n) is 15.1. The van der Waals surface area contributed by atoms with Crippen molar-refractivity contribution in [2.45, 2.75) is 6.54 Å². The molecule has 3 heterocycles. The summed E-state index contributed by atoms with van der Waals surface area (Å²) in [6, 6.07) is 8.12. The SMILES string of the molecule is CN(C)C(=O)N1CC2CN(Cc3cccc4[nH]ccc34)CC2(C(=O)O)C1. The second kappa shape index (κ2) is 6.02. The van der Waals surface area contributed by atoms with Crippen LogP contribution in [0.25, 0.3) is 10.9 Å². The summed E-state index contributed by atoms with van der Waals surface area (Å²) in [5.41, 5.74) is 1.43. The molecule has 2 fully saturated rings. The van der Waals surface area contributed by atoms with Gasteiger partial charge in [-0.1, -0.05) is 12.1 Å². The Balaban J connectivity index is 1.54. The summed E-state index contributed by atoms with van der Waals surface area (Å²) in [7, 11) is 3.40. The molecule has 0 saturated carbocycles. The van der Waals surface area contributed by atoms with Crippen LogP contribution in [0.3, 0.4) is 0 Å². The molecule has 2 saturated heterocycles. The molecule has 2 atom stereocenters. The largest absolute Gasteiger partial charge is 0.481 e. The zero-order valence-corrected chi connectivity index (χ0v) is 15.1. The molecular formula is C19H24N4O3. The van der Waals surface area contributed by atoms with Crippen LogP contribution in [0.1, 0.15) is 5.56 Å². The van der Waals surface area contributed by atoms with Gasteiger partial charge in [-0.05, 0) is 17.7 Å². The summed E-state index contributed by atoms with van der Waals surface area (Å²) in [5, 5.41) is 11.1. The first-order valence-corrected chi connectivity index (χ1v) is 8.88. The average Bonchev–Trinajstić information content (AvgIpc) is 3.26. The van der Waals surface area contributed by atoms with Crippen molar-refractivity contribution >= 4 is 22.9 Å². The highest BCUT2D eigenvalue weighted by Gasteiger charge is 2.58. The van der Waals surface area contributed by atoms with Gasteiger partial charge in [0.2, 0.25) is 0 Å². The maximum Gasteiger partial charge on any atom is 0.319 e. The minimum absolute atomic E-state index is 0.0330. The number of likely N-dealkylation sites (tertiary alicyclic amines) is 2. The van der Waals surface area contributed by atoms with E-state index in [1.165, 1.54) is 15.8 Å². The number of nitrogens with zero attached hydrogens (tertiary/aromatic N) is 3. The van der Waals surface area contributed by atoms with Crippen LogP contribution in [0.5, 0.6) is 0 Å². The van der Waals surface area contributed by atoms with Gasteiger partial charge >= 0.3 is 12.0 Å². The summed E-state index contributed by atoms with van der Waals surface area (Å²) >= 11 is 0. The number of urea groups is 1. The molecule has 1 aromatic carbocycles. The van der Waals surface area contributed by atoms with Gasteiger partial charge in [0.1, 0.15) is 5.41 Å². The number of aliphatic carboxylic acids is 1. The molecule has 26 heavy (non-hydrogen) atoms. The molecule has 2 aromatic rings. The highest BCUT2D eigenvalue weighted by molar-refractivity contribution is 5.83. The van der Waals surface area contributed by atoms with Crippen LogP contribution < -0.4 is 0 Å². The van der Waals surface area contributed by atoms with Crippen molar-refractivity contribution in [2.75, 3.05) is 40.3 Å². The lowest BCUT2D eigenvalue weighted by molar-refractivity contribution is -0.148. The van der Waals surface area contributed by atoms with E-state index in [2.05, 4.69) is 22.0 Å². The van der Waals surface area contributed by atoms with E-state index in [1.807, 2.05) is 18.3 Å². The molecule has 1 aromatic heterocycles. The van der Waals surface area contributed by atoms with E-state index in [-0.39, 0.29) is 18.5 Å². The molecule has 0 radical (unpaired) electrons. The van der Waals surface area contributed by atoms with Crippen molar-refractivity contribution in [2.24, 2.45) is 11.3 Å². The van der Waals surface area contributed by atoms with Crippen LogP contribution in [0, 0.1) is 11.3 Å². The monoisotopic (exact) mass is 356 g/mol. The second-order valence-corrected chi connectivity index (χ2v) is 7.74. The quantitative estimate of drug-likeness (QED) is 0.877. The Morgan fingerprint density at radius 3 is 2.77 bits per heavy atom. The Morgan fingerprint density at radius 1 is 1.27 bits per heavy atom. The number of carbonyl (C=O) groups excluding carboxylic acids is 1. The first-order chi connectivity index (χ1) is 12.4. The third-order valence-corrected chi connectivity index (χ3v) is 5.84. The van der Waals surface area contributed by atoms with E-state index < -0.39 is 11.4 Å². The van der Waals surface area contributed by atoms with Crippen molar-refractivity contribution in [1.82, 2.24) is 19.7 Å². The zero-order chi connectivity index (χ0) is 18.5. The molecular weight excluding hydrogens is 332 g/mol. The molecule has 0 spiro atoms. The fourth-order valence-electron chi connectivity index (χ4n) is 4.55. The van der Waals surface area contributed by atoms with Crippen molar-refractivity contribution in [3.63, 3.8) is 0 Å². The number of aromatic amines is 1. The van der Waals surface area contributed by atoms with Crippen molar-refractivity contribution in [1.29, 1.82) is 0 Å². The van der Waals surface area contributed by atoms with Gasteiger partial charge in [-0.25, -0.2) is 4.79 Å². The number of carbonyl (C=O) groups is 2. The number of amides is 2. The number of benzene rings is 1. The minimum atomic E-state index is -0.863. The highest BCUT2D eigenvalue weighted by Crippen LogP contribution is 2.43. The Bertz CT molecular complexity index is 861. The number of rotatable bonds is 3. The Kier molecular flexibility index (Phi) is 3.91. The van der Waals surface area contributed by atoms with Gasteiger partial charge in [0.15, 0.2) is 0 Å². The number of hydrogen-bond donors (Lipinski definition) is 2. The van der Waals surface area contributed by atoms with Gasteiger partial charge in [0, 0.05) is 69.8 Å². The lowest BCUT2D eigenvalue weighted by atomic mass is 9.81. The summed E-state index contributed by atoms with van der Waals surface area (Å²) < 4.78 is 0. The maximum atomic E-state index is 12.3. The molecule has 0 bridgehead atoms. The molecule has 7 nitrogen and oxygen atoms in total. The molecule has 138 valence electrons. The predicted octanol–water partition coefficient (Wildman–Crippen LogP) is 1.67. The van der Waals surface area contributed by atoms with Crippen molar-refractivity contribution in [3.05, 3.63) is 36.0 Å². The highest BCUT2D eigenvalue weighted by atomic mass is 16.4. The first kappa shape index (κ1) is 16.9. The summed E-state index contributed by atoms with van der Waals surface area (Å²) in [5.74, 6) is -0.826. The molecule has 2 aliphatic heterocycles. The topological polar surface area (TPSA) is 79.9 Å². The van der Waals surface area contributed by atoms with Crippen molar-refractivity contribution in [3.8, 4) is 0 Å². The fraction of sp³-hybridized carbons (Fsp3) is 0.474. The van der Waals surface area contributed by atoms with Crippen LogP contribution >= 0.6 is 0 Å². The van der Waals surface area contributed by atoms with Gasteiger partial charge in [0.25, 0.3) is 0 Å². The van der Waals surface area contributed by atoms with Crippen LogP contribution in [-0.4, -0.2) is 77.1 Å². The van der Waals surface area contributed by atoms with Gasteiger partial charge in [-0.15, -0.1) is 0 Å². The standard InChI is InChI=1S/C19H24N4O3/c1-21(2)18(26)23-10-14-9-22(11-19(14,12-23)17(24)25)8-13-4-3-5-16-15(13)6-7-20-16/h3-7,14,20H,8-12H2,1-2H3,(H,24,25). The summed E-state index contributed by atoms with van der Waals surface area (Å²) in [6.07, 6.45) is 1.93. The third kappa shape index (κ3) is 2.54. The van der Waals surface area contributed by atoms with Gasteiger partial charge in [-0.3, -0.25) is 9.69 Å². The lowest BCUT2D eigenvalue weighted by Gasteiger charge is -2.27. The number of nitrogens with one attached hydrogen (secondary N) is 1. The van der Waals surface area contributed by atoms with Gasteiger partial charge in [-0.2, -0.15) is 0 Å². The van der Waals surface area contributed by atoms with E-state index in [9.17, 15) is 14.7 Å². The minimum Gasteiger partial charge on any atom is -0.481 e. The van der Waals surface area contributed by atoms with Crippen LogP contribution in [0.15, 0.2) is 30.5 Å². The Morgan fingerprint density at radius 2 is 2.08 bits per heavy atom. The molecule has 4 rings (SSSR count). The summed E-state index contributed by atoms with van der Waals surface area (Å²) in [6.45, 7) is 2.70. The third-order valence-electron chi connectivity index (χ3n) is 5.84. The predicted molar refractivity (Wildman–Crippen MR) is 97.8 cm³/mol. The number of H-pyrrole nitrogens is 1. The molecule has 0 aliphatic carbocycles. The Hall–Kier alpha value is -2.54.